The summed E-state index contributed by atoms with van der Waals surface area (Å²) in [4.78, 5) is 28.3. The summed E-state index contributed by atoms with van der Waals surface area (Å²) in [6.45, 7) is 0.431. The van der Waals surface area contributed by atoms with Gasteiger partial charge >= 0.3 is 5.91 Å². The Morgan fingerprint density at radius 3 is 2.71 bits per heavy atom. The lowest BCUT2D eigenvalue weighted by molar-refractivity contribution is -0.114. The Kier molecular flexibility index (Phi) is 3.69. The van der Waals surface area contributed by atoms with Crippen LogP contribution in [-0.2, 0) is 11.2 Å². The van der Waals surface area contributed by atoms with Crippen LogP contribution in [0.2, 0.25) is 0 Å². The quantitative estimate of drug-likeness (QED) is 0.816. The molecule has 24 heavy (non-hydrogen) atoms. The zero-order chi connectivity index (χ0) is 16.7. The van der Waals surface area contributed by atoms with Gasteiger partial charge in [0.1, 0.15) is 0 Å². The van der Waals surface area contributed by atoms with E-state index < -0.39 is 11.7 Å². The lowest BCUT2D eigenvalue weighted by Gasteiger charge is -2.35. The number of carbonyl (C=O) groups is 2. The smallest absolute Gasteiger partial charge is 0.291 e. The highest BCUT2D eigenvalue weighted by atomic mass is 16.2. The molecule has 0 saturated heterocycles. The molecule has 1 amide bonds. The normalized spacial score (nSPS) is 19.6. The van der Waals surface area contributed by atoms with Crippen molar-refractivity contribution in [1.29, 1.82) is 0 Å². The lowest BCUT2D eigenvalue weighted by atomic mass is 9.87. The molecule has 0 fully saturated rings. The average molecular weight is 320 g/mol. The topological polar surface area (TPSA) is 40.6 Å². The van der Waals surface area contributed by atoms with Gasteiger partial charge in [-0.25, -0.2) is 0 Å². The monoisotopic (exact) mass is 320 g/mol. The van der Waals surface area contributed by atoms with Crippen LogP contribution in [0.15, 0.2) is 48.5 Å². The number of ketones is 1. The van der Waals surface area contributed by atoms with Crippen molar-refractivity contribution in [2.24, 2.45) is 0 Å². The van der Waals surface area contributed by atoms with Crippen molar-refractivity contribution in [3.8, 4) is 0 Å². The van der Waals surface area contributed by atoms with Crippen LogP contribution in [0.1, 0.15) is 40.4 Å². The molecule has 4 nitrogen and oxygen atoms in total. The summed E-state index contributed by atoms with van der Waals surface area (Å²) >= 11 is 0. The van der Waals surface area contributed by atoms with Crippen LogP contribution in [0.3, 0.4) is 0 Å². The van der Waals surface area contributed by atoms with Crippen LogP contribution in [0.4, 0.5) is 5.69 Å². The number of Topliss-reactive ketones (excluding diaryl/α,β-unsaturated/α-hetero) is 1. The van der Waals surface area contributed by atoms with Crippen molar-refractivity contribution < 1.29 is 9.59 Å². The molecule has 1 unspecified atom stereocenters. The van der Waals surface area contributed by atoms with Crippen molar-refractivity contribution in [1.82, 2.24) is 4.90 Å². The van der Waals surface area contributed by atoms with E-state index in [0.29, 0.717) is 12.2 Å². The minimum Gasteiger partial charge on any atom is -0.291 e. The first-order chi connectivity index (χ1) is 11.7. The molecule has 1 aliphatic carbocycles. The van der Waals surface area contributed by atoms with Gasteiger partial charge in [0.25, 0.3) is 5.78 Å². The third-order valence-corrected chi connectivity index (χ3v) is 5.11. The molecule has 0 radical (unpaired) electrons. The molecule has 0 saturated carbocycles. The zero-order valence-electron chi connectivity index (χ0n) is 13.7. The zero-order valence-corrected chi connectivity index (χ0v) is 13.7. The molecule has 1 atom stereocenters. The van der Waals surface area contributed by atoms with E-state index in [1.807, 2.05) is 19.2 Å². The van der Waals surface area contributed by atoms with E-state index in [9.17, 15) is 9.59 Å². The summed E-state index contributed by atoms with van der Waals surface area (Å²) in [6, 6.07) is 16.1. The fourth-order valence-electron chi connectivity index (χ4n) is 3.90. The van der Waals surface area contributed by atoms with Gasteiger partial charge in [-0.1, -0.05) is 36.4 Å². The first-order valence-corrected chi connectivity index (χ1v) is 8.40. The van der Waals surface area contributed by atoms with Crippen LogP contribution in [0.25, 0.3) is 0 Å². The summed E-state index contributed by atoms with van der Waals surface area (Å²) in [7, 11) is 2.03. The minimum absolute atomic E-state index is 0.283. The van der Waals surface area contributed by atoms with Gasteiger partial charge < -0.3 is 0 Å². The summed E-state index contributed by atoms with van der Waals surface area (Å²) in [6.07, 6.45) is 3.34. The third-order valence-electron chi connectivity index (χ3n) is 5.11. The van der Waals surface area contributed by atoms with E-state index in [0.717, 1.165) is 24.9 Å². The van der Waals surface area contributed by atoms with E-state index >= 15 is 0 Å². The second-order valence-corrected chi connectivity index (χ2v) is 6.58. The molecule has 1 heterocycles. The summed E-state index contributed by atoms with van der Waals surface area (Å²) in [5.41, 5.74) is 3.98. The number of benzene rings is 2. The number of para-hydroxylation sites is 1. The van der Waals surface area contributed by atoms with E-state index in [2.05, 4.69) is 29.2 Å². The maximum Gasteiger partial charge on any atom is 0.300 e. The summed E-state index contributed by atoms with van der Waals surface area (Å²) in [5.74, 6) is -0.824. The molecule has 1 aliphatic heterocycles. The largest absolute Gasteiger partial charge is 0.300 e. The van der Waals surface area contributed by atoms with Gasteiger partial charge in [0.05, 0.1) is 17.9 Å². The van der Waals surface area contributed by atoms with Gasteiger partial charge in [-0.3, -0.25) is 19.4 Å². The molecule has 2 aromatic rings. The maximum absolute atomic E-state index is 12.4. The molecule has 0 aromatic heterocycles. The predicted octanol–water partition coefficient (Wildman–Crippen LogP) is 3.18. The first-order valence-electron chi connectivity index (χ1n) is 8.40. The van der Waals surface area contributed by atoms with Gasteiger partial charge in [0.15, 0.2) is 0 Å². The molecule has 4 heteroatoms. The number of amides is 1. The fourth-order valence-corrected chi connectivity index (χ4v) is 3.90. The number of hydrogen-bond donors (Lipinski definition) is 0. The number of nitrogens with zero attached hydrogens (tertiary/aromatic N) is 2. The SMILES string of the molecule is CN(CN1C(=O)C(=O)c2ccccc21)C1CCCc2ccccc21. The van der Waals surface area contributed by atoms with Crippen molar-refractivity contribution in [2.75, 3.05) is 18.6 Å². The van der Waals surface area contributed by atoms with Crippen LogP contribution < -0.4 is 4.90 Å². The maximum atomic E-state index is 12.4. The molecular formula is C20H20N2O2. The van der Waals surface area contributed by atoms with Crippen LogP contribution >= 0.6 is 0 Å². The van der Waals surface area contributed by atoms with Crippen LogP contribution in [0.5, 0.6) is 0 Å². The number of carbonyl (C=O) groups excluding carboxylic acids is 2. The van der Waals surface area contributed by atoms with Gasteiger partial charge in [-0.15, -0.1) is 0 Å². The molecule has 2 aliphatic rings. The molecule has 122 valence electrons. The molecule has 0 bridgehead atoms. The number of anilines is 1. The van der Waals surface area contributed by atoms with Crippen molar-refractivity contribution in [3.63, 3.8) is 0 Å². The number of rotatable bonds is 3. The Bertz CT molecular complexity index is 815. The number of aryl methyl sites for hydroxylation is 1. The molecular weight excluding hydrogens is 300 g/mol. The van der Waals surface area contributed by atoms with Gasteiger partial charge in [0.2, 0.25) is 0 Å². The standard InChI is InChI=1S/C20H20N2O2/c1-21(17-12-6-8-14-7-2-3-9-15(14)17)13-22-18-11-5-4-10-16(18)19(23)20(22)24/h2-5,7,9-11,17H,6,8,12-13H2,1H3. The number of fused-ring (bicyclic) bond motifs is 2. The predicted molar refractivity (Wildman–Crippen MR) is 93.0 cm³/mol. The Balaban J connectivity index is 1.61. The van der Waals surface area contributed by atoms with Crippen LogP contribution in [-0.4, -0.2) is 30.3 Å². The highest BCUT2D eigenvalue weighted by molar-refractivity contribution is 6.52. The van der Waals surface area contributed by atoms with Crippen LogP contribution in [0, 0.1) is 0 Å². The average Bonchev–Trinajstić information content (AvgIpc) is 2.86. The molecule has 0 N–H and O–H groups in total. The summed E-state index contributed by atoms with van der Waals surface area (Å²) in [5, 5.41) is 0. The highest BCUT2D eigenvalue weighted by Gasteiger charge is 2.37. The Morgan fingerprint density at radius 1 is 1.08 bits per heavy atom. The second kappa shape index (κ2) is 5.87. The van der Waals surface area contributed by atoms with E-state index in [4.69, 9.17) is 0 Å². The Hall–Kier alpha value is -2.46. The molecule has 2 aromatic carbocycles. The van der Waals surface area contributed by atoms with Gasteiger partial charge in [-0.05, 0) is 49.6 Å². The fraction of sp³-hybridized carbons (Fsp3) is 0.300. The molecule has 0 spiro atoms. The van der Waals surface area contributed by atoms with Crippen molar-refractivity contribution in [3.05, 3.63) is 65.2 Å². The lowest BCUT2D eigenvalue weighted by Crippen LogP contribution is -2.41. The second-order valence-electron chi connectivity index (χ2n) is 6.58. The number of hydrogen-bond acceptors (Lipinski definition) is 3. The third kappa shape index (κ3) is 2.34. The van der Waals surface area contributed by atoms with Gasteiger partial charge in [0, 0.05) is 6.04 Å². The van der Waals surface area contributed by atoms with E-state index in [1.54, 1.807) is 17.0 Å². The summed E-state index contributed by atoms with van der Waals surface area (Å²) < 4.78 is 0. The highest BCUT2D eigenvalue weighted by Crippen LogP contribution is 2.35. The first kappa shape index (κ1) is 15.1. The van der Waals surface area contributed by atoms with Crippen molar-refractivity contribution in [2.45, 2.75) is 25.3 Å². The van der Waals surface area contributed by atoms with E-state index in [1.165, 1.54) is 11.1 Å². The Morgan fingerprint density at radius 2 is 1.83 bits per heavy atom. The Labute approximate surface area is 141 Å². The minimum atomic E-state index is -0.424. The van der Waals surface area contributed by atoms with Gasteiger partial charge in [-0.2, -0.15) is 0 Å². The van der Waals surface area contributed by atoms with Crippen molar-refractivity contribution >= 4 is 17.4 Å². The molecule has 4 rings (SSSR count). The van der Waals surface area contributed by atoms with E-state index in [-0.39, 0.29) is 6.04 Å².